The molecule has 1 aliphatic rings. The van der Waals surface area contributed by atoms with Crippen molar-refractivity contribution in [1.29, 1.82) is 0 Å². The minimum atomic E-state index is -4.25. The van der Waals surface area contributed by atoms with Crippen molar-refractivity contribution < 1.29 is 21.6 Å². The molecule has 0 bridgehead atoms. The van der Waals surface area contributed by atoms with Gasteiger partial charge in [0.2, 0.25) is 0 Å². The lowest BCUT2D eigenvalue weighted by molar-refractivity contribution is -0.125. The van der Waals surface area contributed by atoms with E-state index in [0.29, 0.717) is 19.3 Å². The Morgan fingerprint density at radius 3 is 1.64 bits per heavy atom. The molecule has 3 aromatic carbocycles. The maximum absolute atomic E-state index is 13.6. The van der Waals surface area contributed by atoms with Gasteiger partial charge in [-0.2, -0.15) is 0 Å². The Morgan fingerprint density at radius 1 is 0.697 bits per heavy atom. The van der Waals surface area contributed by atoms with Crippen molar-refractivity contribution in [3.8, 4) is 0 Å². The highest BCUT2D eigenvalue weighted by Gasteiger charge is 2.43. The highest BCUT2D eigenvalue weighted by molar-refractivity contribution is 8.09. The van der Waals surface area contributed by atoms with Crippen LogP contribution in [0.5, 0.6) is 0 Å². The lowest BCUT2D eigenvalue weighted by Crippen LogP contribution is -2.36. The predicted octanol–water partition coefficient (Wildman–Crippen LogP) is 4.80. The molecule has 172 valence electrons. The van der Waals surface area contributed by atoms with Gasteiger partial charge in [0.05, 0.1) is 9.79 Å². The fraction of sp³-hybridized carbons (Fsp3) is 0.269. The smallest absolute Gasteiger partial charge is 0.195 e. The third-order valence-corrected chi connectivity index (χ3v) is 11.5. The van der Waals surface area contributed by atoms with Gasteiger partial charge in [0, 0.05) is 12.3 Å². The fourth-order valence-electron chi connectivity index (χ4n) is 4.55. The number of sulfone groups is 2. The first-order valence-electron chi connectivity index (χ1n) is 11.0. The second kappa shape index (κ2) is 9.61. The summed E-state index contributed by atoms with van der Waals surface area (Å²) in [4.78, 5) is 12.7. The Morgan fingerprint density at radius 2 is 1.15 bits per heavy atom. The molecule has 2 atom stereocenters. The monoisotopic (exact) mass is 482 g/mol. The molecule has 1 saturated carbocycles. The van der Waals surface area contributed by atoms with E-state index in [0.717, 1.165) is 5.56 Å². The molecule has 5 nitrogen and oxygen atoms in total. The van der Waals surface area contributed by atoms with Crippen LogP contribution in [0, 0.1) is 5.92 Å². The van der Waals surface area contributed by atoms with Crippen molar-refractivity contribution in [1.82, 2.24) is 0 Å². The number of carbonyl (C=O) groups excluding carboxylic acids is 1. The number of hydrogen-bond donors (Lipinski definition) is 0. The molecule has 0 heterocycles. The summed E-state index contributed by atoms with van der Waals surface area (Å²) in [5, 5.41) is 0. The summed E-state index contributed by atoms with van der Waals surface area (Å²) in [5.74, 6) is -0.627. The molecule has 3 aromatic rings. The van der Waals surface area contributed by atoms with Gasteiger partial charge in [0.1, 0.15) is 5.78 Å². The van der Waals surface area contributed by atoms with Crippen LogP contribution in [0.15, 0.2) is 101 Å². The molecule has 0 aliphatic heterocycles. The lowest BCUT2D eigenvalue weighted by atomic mass is 9.76. The molecule has 1 aliphatic carbocycles. The highest BCUT2D eigenvalue weighted by Crippen LogP contribution is 2.39. The second-order valence-corrected chi connectivity index (χ2v) is 13.0. The Bertz CT molecular complexity index is 1230. The molecule has 0 amide bonds. The van der Waals surface area contributed by atoms with E-state index in [1.165, 1.54) is 24.3 Å². The van der Waals surface area contributed by atoms with Gasteiger partial charge in [0.25, 0.3) is 0 Å². The fourth-order valence-corrected chi connectivity index (χ4v) is 9.20. The lowest BCUT2D eigenvalue weighted by Gasteiger charge is -2.30. The normalized spacial score (nSPS) is 19.5. The van der Waals surface area contributed by atoms with Gasteiger partial charge in [-0.25, -0.2) is 16.8 Å². The molecule has 1 fully saturated rings. The molecule has 33 heavy (non-hydrogen) atoms. The average molecular weight is 483 g/mol. The molecular formula is C26H26O5S2. The van der Waals surface area contributed by atoms with E-state index < -0.39 is 30.2 Å². The third kappa shape index (κ3) is 4.94. The quantitative estimate of drug-likeness (QED) is 0.483. The second-order valence-electron chi connectivity index (χ2n) is 8.43. The highest BCUT2D eigenvalue weighted by atomic mass is 32.3. The van der Waals surface area contributed by atoms with E-state index in [1.54, 1.807) is 36.4 Å². The van der Waals surface area contributed by atoms with Gasteiger partial charge in [-0.15, -0.1) is 0 Å². The zero-order valence-corrected chi connectivity index (χ0v) is 19.7. The Labute approximate surface area is 195 Å². The van der Waals surface area contributed by atoms with Crippen LogP contribution < -0.4 is 0 Å². The van der Waals surface area contributed by atoms with Crippen LogP contribution in [-0.4, -0.2) is 27.2 Å². The van der Waals surface area contributed by atoms with Gasteiger partial charge in [-0.1, -0.05) is 66.7 Å². The largest absolute Gasteiger partial charge is 0.299 e. The maximum atomic E-state index is 13.6. The number of benzene rings is 3. The number of ketones is 1. The first kappa shape index (κ1) is 23.4. The van der Waals surface area contributed by atoms with Gasteiger partial charge >= 0.3 is 0 Å². The van der Waals surface area contributed by atoms with Crippen molar-refractivity contribution in [3.63, 3.8) is 0 Å². The molecule has 0 N–H and O–H groups in total. The van der Waals surface area contributed by atoms with Crippen LogP contribution in [0.3, 0.4) is 0 Å². The van der Waals surface area contributed by atoms with E-state index in [9.17, 15) is 21.6 Å². The minimum absolute atomic E-state index is 0.0580. The van der Waals surface area contributed by atoms with Gasteiger partial charge in [-0.05, 0) is 55.0 Å². The van der Waals surface area contributed by atoms with Gasteiger partial charge < -0.3 is 0 Å². The summed E-state index contributed by atoms with van der Waals surface area (Å²) in [6, 6.07) is 25.0. The zero-order valence-electron chi connectivity index (χ0n) is 18.1. The van der Waals surface area contributed by atoms with Crippen LogP contribution in [0.4, 0.5) is 0 Å². The van der Waals surface area contributed by atoms with E-state index >= 15 is 0 Å². The van der Waals surface area contributed by atoms with Crippen molar-refractivity contribution in [2.24, 2.45) is 5.92 Å². The SMILES string of the molecule is O=C1CCC(c2ccccc2)C[C@@H]1CC(S(=O)(=O)c1ccccc1)S(=O)(=O)c1ccccc1. The number of carbonyl (C=O) groups is 1. The summed E-state index contributed by atoms with van der Waals surface area (Å²) in [6.07, 6.45) is 1.18. The summed E-state index contributed by atoms with van der Waals surface area (Å²) in [7, 11) is -8.50. The zero-order chi connectivity index (χ0) is 23.5. The van der Waals surface area contributed by atoms with Crippen molar-refractivity contribution in [3.05, 3.63) is 96.6 Å². The van der Waals surface area contributed by atoms with E-state index in [4.69, 9.17) is 0 Å². The first-order valence-corrected chi connectivity index (χ1v) is 14.0. The van der Waals surface area contributed by atoms with Crippen LogP contribution in [0.25, 0.3) is 0 Å². The van der Waals surface area contributed by atoms with Crippen LogP contribution in [0.1, 0.15) is 37.2 Å². The minimum Gasteiger partial charge on any atom is -0.299 e. The molecular weight excluding hydrogens is 456 g/mol. The maximum Gasteiger partial charge on any atom is 0.195 e. The topological polar surface area (TPSA) is 85.3 Å². The average Bonchev–Trinajstić information content (AvgIpc) is 2.85. The number of rotatable bonds is 7. The molecule has 1 unspecified atom stereocenters. The molecule has 0 aromatic heterocycles. The standard InChI is InChI=1S/C26H26O5S2/c27-25-17-16-21(20-10-4-1-5-11-20)18-22(25)19-26(32(28,29)23-12-6-2-7-13-23)33(30,31)24-14-8-3-9-15-24/h1-15,21-22,26H,16-19H2/t21?,22-/m1/s1. The summed E-state index contributed by atoms with van der Waals surface area (Å²) in [5.41, 5.74) is 1.09. The summed E-state index contributed by atoms with van der Waals surface area (Å²) < 4.78 is 52.6. The summed E-state index contributed by atoms with van der Waals surface area (Å²) >= 11 is 0. The Hall–Kier alpha value is -2.77. The number of hydrogen-bond acceptors (Lipinski definition) is 5. The Balaban J connectivity index is 1.73. The third-order valence-electron chi connectivity index (χ3n) is 6.35. The molecule has 7 heteroatoms. The van der Waals surface area contributed by atoms with Crippen molar-refractivity contribution >= 4 is 25.5 Å². The van der Waals surface area contributed by atoms with Crippen LogP contribution in [0.2, 0.25) is 0 Å². The van der Waals surface area contributed by atoms with Crippen LogP contribution in [-0.2, 0) is 24.5 Å². The first-order chi connectivity index (χ1) is 15.8. The summed E-state index contributed by atoms with van der Waals surface area (Å²) in [6.45, 7) is 0. The Kier molecular flexibility index (Phi) is 6.81. The molecule has 4 rings (SSSR count). The number of Topliss-reactive ketones (excluding diaryl/α,β-unsaturated/α-hetero) is 1. The van der Waals surface area contributed by atoms with Crippen molar-refractivity contribution in [2.45, 2.75) is 46.0 Å². The van der Waals surface area contributed by atoms with Gasteiger partial charge in [-0.3, -0.25) is 4.79 Å². The molecule has 0 radical (unpaired) electrons. The predicted molar refractivity (Wildman–Crippen MR) is 127 cm³/mol. The van der Waals surface area contributed by atoms with E-state index in [1.807, 2.05) is 30.3 Å². The van der Waals surface area contributed by atoms with Crippen LogP contribution >= 0.6 is 0 Å². The van der Waals surface area contributed by atoms with E-state index in [-0.39, 0.29) is 27.9 Å². The van der Waals surface area contributed by atoms with Gasteiger partial charge in [0.15, 0.2) is 24.3 Å². The van der Waals surface area contributed by atoms with E-state index in [2.05, 4.69) is 0 Å². The van der Waals surface area contributed by atoms with Crippen molar-refractivity contribution in [2.75, 3.05) is 0 Å². The molecule has 0 saturated heterocycles. The molecule has 0 spiro atoms.